The first-order valence-corrected chi connectivity index (χ1v) is 9.17. The Labute approximate surface area is 139 Å². The fourth-order valence-corrected chi connectivity index (χ4v) is 4.17. The topological polar surface area (TPSA) is 12.0 Å². The molecule has 1 atom stereocenters. The second kappa shape index (κ2) is 7.41. The summed E-state index contributed by atoms with van der Waals surface area (Å²) in [7, 11) is 0. The highest BCUT2D eigenvalue weighted by molar-refractivity contribution is 14.1. The van der Waals surface area contributed by atoms with Crippen LogP contribution >= 0.6 is 38.5 Å². The first-order chi connectivity index (χ1) is 9.11. The van der Waals surface area contributed by atoms with Gasteiger partial charge in [-0.1, -0.05) is 42.6 Å². The van der Waals surface area contributed by atoms with Crippen molar-refractivity contribution in [3.63, 3.8) is 0 Å². The van der Waals surface area contributed by atoms with Gasteiger partial charge in [-0.3, -0.25) is 0 Å². The molecule has 3 heteroatoms. The summed E-state index contributed by atoms with van der Waals surface area (Å²) in [5.41, 5.74) is 1.47. The Balaban J connectivity index is 2.21. The summed E-state index contributed by atoms with van der Waals surface area (Å²) in [4.78, 5) is 0. The van der Waals surface area contributed by atoms with Gasteiger partial charge in [0, 0.05) is 14.1 Å². The summed E-state index contributed by atoms with van der Waals surface area (Å²) in [6, 6.07) is 7.17. The smallest absolute Gasteiger partial charge is 0.0359 e. The number of nitrogens with one attached hydrogen (secondary N) is 1. The van der Waals surface area contributed by atoms with E-state index in [-0.39, 0.29) is 0 Å². The molecule has 1 unspecified atom stereocenters. The molecule has 0 saturated heterocycles. The van der Waals surface area contributed by atoms with E-state index in [2.05, 4.69) is 75.9 Å². The van der Waals surface area contributed by atoms with Crippen molar-refractivity contribution in [1.82, 2.24) is 5.32 Å². The van der Waals surface area contributed by atoms with Gasteiger partial charge in [0.05, 0.1) is 0 Å². The van der Waals surface area contributed by atoms with E-state index in [9.17, 15) is 0 Å². The third-order valence-electron chi connectivity index (χ3n) is 4.25. The van der Waals surface area contributed by atoms with Crippen molar-refractivity contribution in [2.45, 2.75) is 45.6 Å². The van der Waals surface area contributed by atoms with Crippen LogP contribution in [0.5, 0.6) is 0 Å². The van der Waals surface area contributed by atoms with E-state index in [0.29, 0.717) is 6.04 Å². The quantitative estimate of drug-likeness (QED) is 0.613. The summed E-state index contributed by atoms with van der Waals surface area (Å²) in [5.74, 6) is 1.71. The van der Waals surface area contributed by atoms with Crippen molar-refractivity contribution < 1.29 is 0 Å². The number of hydrogen-bond acceptors (Lipinski definition) is 1. The monoisotopic (exact) mass is 435 g/mol. The maximum atomic E-state index is 3.73. The van der Waals surface area contributed by atoms with Gasteiger partial charge in [-0.25, -0.2) is 0 Å². The molecule has 106 valence electrons. The highest BCUT2D eigenvalue weighted by atomic mass is 127. The zero-order chi connectivity index (χ0) is 13.8. The molecule has 0 radical (unpaired) electrons. The van der Waals surface area contributed by atoms with Gasteiger partial charge in [0.15, 0.2) is 0 Å². The van der Waals surface area contributed by atoms with Crippen LogP contribution < -0.4 is 5.32 Å². The summed E-state index contributed by atoms with van der Waals surface area (Å²) >= 11 is 6.09. The van der Waals surface area contributed by atoms with E-state index >= 15 is 0 Å². The van der Waals surface area contributed by atoms with Crippen LogP contribution in [0, 0.1) is 15.4 Å². The SMILES string of the molecule is CCNC(c1cc(Br)ccc1I)C1CCC(C)CC1. The van der Waals surface area contributed by atoms with Crippen molar-refractivity contribution in [2.24, 2.45) is 11.8 Å². The van der Waals surface area contributed by atoms with E-state index in [1.807, 2.05) is 0 Å². The molecule has 1 aliphatic carbocycles. The summed E-state index contributed by atoms with van der Waals surface area (Å²) in [6.07, 6.45) is 5.50. The maximum Gasteiger partial charge on any atom is 0.0359 e. The Morgan fingerprint density at radius 2 is 2.00 bits per heavy atom. The number of benzene rings is 1. The third-order valence-corrected chi connectivity index (χ3v) is 5.72. The number of halogens is 2. The molecule has 0 heterocycles. The standard InChI is InChI=1S/C16H23BrIN/c1-3-19-16(12-6-4-11(2)5-7-12)14-10-13(17)8-9-15(14)18/h8-12,16,19H,3-7H2,1-2H3. The van der Waals surface area contributed by atoms with Crippen LogP contribution in [0.2, 0.25) is 0 Å². The van der Waals surface area contributed by atoms with Crippen LogP contribution in [0.15, 0.2) is 22.7 Å². The number of hydrogen-bond donors (Lipinski definition) is 1. The summed E-state index contributed by atoms with van der Waals surface area (Å²) in [5, 5.41) is 3.73. The van der Waals surface area contributed by atoms with E-state index in [4.69, 9.17) is 0 Å². The lowest BCUT2D eigenvalue weighted by molar-refractivity contribution is 0.232. The van der Waals surface area contributed by atoms with Gasteiger partial charge in [-0.05, 0) is 77.6 Å². The Kier molecular flexibility index (Phi) is 6.15. The van der Waals surface area contributed by atoms with Crippen molar-refractivity contribution in [3.05, 3.63) is 31.8 Å². The van der Waals surface area contributed by atoms with E-state index < -0.39 is 0 Å². The fourth-order valence-electron chi connectivity index (χ4n) is 3.12. The molecule has 1 saturated carbocycles. The minimum atomic E-state index is 0.516. The lowest BCUT2D eigenvalue weighted by Gasteiger charge is -2.34. The molecule has 19 heavy (non-hydrogen) atoms. The van der Waals surface area contributed by atoms with Crippen molar-refractivity contribution in [1.29, 1.82) is 0 Å². The third kappa shape index (κ3) is 4.18. The molecule has 0 aliphatic heterocycles. The van der Waals surface area contributed by atoms with E-state index in [0.717, 1.165) is 18.4 Å². The van der Waals surface area contributed by atoms with Gasteiger partial charge in [0.2, 0.25) is 0 Å². The van der Waals surface area contributed by atoms with Crippen LogP contribution in [0.4, 0.5) is 0 Å². The Morgan fingerprint density at radius 3 is 2.63 bits per heavy atom. The van der Waals surface area contributed by atoms with E-state index in [1.165, 1.54) is 39.3 Å². The van der Waals surface area contributed by atoms with Crippen molar-refractivity contribution in [3.8, 4) is 0 Å². The maximum absolute atomic E-state index is 3.73. The van der Waals surface area contributed by atoms with Crippen LogP contribution in [0.1, 0.15) is 51.1 Å². The normalized spacial score (nSPS) is 25.3. The van der Waals surface area contributed by atoms with Crippen LogP contribution in [0.25, 0.3) is 0 Å². The summed E-state index contributed by atoms with van der Waals surface area (Å²) < 4.78 is 2.57. The first kappa shape index (κ1) is 15.8. The molecular weight excluding hydrogens is 413 g/mol. The average molecular weight is 436 g/mol. The summed E-state index contributed by atoms with van der Waals surface area (Å²) in [6.45, 7) is 5.64. The zero-order valence-electron chi connectivity index (χ0n) is 11.8. The second-order valence-electron chi connectivity index (χ2n) is 5.72. The molecule has 1 nitrogen and oxygen atoms in total. The van der Waals surface area contributed by atoms with Gasteiger partial charge in [-0.15, -0.1) is 0 Å². The Morgan fingerprint density at radius 1 is 1.32 bits per heavy atom. The molecule has 1 aromatic carbocycles. The van der Waals surface area contributed by atoms with Gasteiger partial charge >= 0.3 is 0 Å². The van der Waals surface area contributed by atoms with Crippen molar-refractivity contribution >= 4 is 38.5 Å². The minimum absolute atomic E-state index is 0.516. The van der Waals surface area contributed by atoms with E-state index in [1.54, 1.807) is 0 Å². The Hall–Kier alpha value is 0.390. The van der Waals surface area contributed by atoms with Crippen LogP contribution in [-0.4, -0.2) is 6.54 Å². The molecule has 1 fully saturated rings. The minimum Gasteiger partial charge on any atom is -0.310 e. The fraction of sp³-hybridized carbons (Fsp3) is 0.625. The van der Waals surface area contributed by atoms with Gasteiger partial charge in [-0.2, -0.15) is 0 Å². The molecule has 1 N–H and O–H groups in total. The van der Waals surface area contributed by atoms with Crippen LogP contribution in [-0.2, 0) is 0 Å². The second-order valence-corrected chi connectivity index (χ2v) is 7.80. The molecule has 0 bridgehead atoms. The zero-order valence-corrected chi connectivity index (χ0v) is 15.5. The van der Waals surface area contributed by atoms with Gasteiger partial charge in [0.1, 0.15) is 0 Å². The molecule has 1 aromatic rings. The molecule has 1 aliphatic rings. The largest absolute Gasteiger partial charge is 0.310 e. The highest BCUT2D eigenvalue weighted by Crippen LogP contribution is 2.38. The van der Waals surface area contributed by atoms with Gasteiger partial charge < -0.3 is 5.32 Å². The van der Waals surface area contributed by atoms with Crippen molar-refractivity contribution in [2.75, 3.05) is 6.54 Å². The lowest BCUT2D eigenvalue weighted by Crippen LogP contribution is -2.31. The average Bonchev–Trinajstić information content (AvgIpc) is 2.40. The van der Waals surface area contributed by atoms with Gasteiger partial charge in [0.25, 0.3) is 0 Å². The highest BCUT2D eigenvalue weighted by Gasteiger charge is 2.27. The number of rotatable bonds is 4. The molecule has 0 amide bonds. The lowest BCUT2D eigenvalue weighted by atomic mass is 9.77. The predicted molar refractivity (Wildman–Crippen MR) is 94.4 cm³/mol. The molecule has 2 rings (SSSR count). The molecule has 0 aromatic heterocycles. The molecule has 0 spiro atoms. The first-order valence-electron chi connectivity index (χ1n) is 7.30. The van der Waals surface area contributed by atoms with Crippen LogP contribution in [0.3, 0.4) is 0 Å². The molecular formula is C16H23BrIN. The Bertz CT molecular complexity index is 413. The predicted octanol–water partition coefficient (Wildman–Crippen LogP) is 5.53.